The fourth-order valence-electron chi connectivity index (χ4n) is 6.24. The molecule has 0 aliphatic carbocycles. The van der Waals surface area contributed by atoms with E-state index in [9.17, 15) is 14.8 Å². The third kappa shape index (κ3) is 4.64. The van der Waals surface area contributed by atoms with Crippen LogP contribution in [0.15, 0.2) is 61.2 Å². The number of aryl methyl sites for hydroxylation is 1. The lowest BCUT2D eigenvalue weighted by molar-refractivity contribution is -0.00921. The molecule has 3 aliphatic heterocycles. The van der Waals surface area contributed by atoms with E-state index in [-0.39, 0.29) is 11.6 Å². The summed E-state index contributed by atoms with van der Waals surface area (Å²) >= 11 is 0. The molecule has 0 radical (unpaired) electrons. The van der Waals surface area contributed by atoms with Crippen LogP contribution >= 0.6 is 0 Å². The van der Waals surface area contributed by atoms with Crippen molar-refractivity contribution in [3.8, 4) is 34.2 Å². The molecule has 4 N–H and O–H groups in total. The van der Waals surface area contributed by atoms with Crippen molar-refractivity contribution >= 4 is 16.9 Å². The Morgan fingerprint density at radius 1 is 1.07 bits per heavy atom. The smallest absolute Gasteiger partial charge is 0.138 e. The first kappa shape index (κ1) is 26.1. The highest BCUT2D eigenvalue weighted by molar-refractivity contribution is 5.98. The zero-order chi connectivity index (χ0) is 28.8. The molecule has 212 valence electrons. The molecule has 7 heterocycles. The highest BCUT2D eigenvalue weighted by Gasteiger charge is 2.44. The second-order valence-electron chi connectivity index (χ2n) is 11.0. The summed E-state index contributed by atoms with van der Waals surface area (Å²) in [5, 5.41) is 25.4. The minimum atomic E-state index is -0.337. The van der Waals surface area contributed by atoms with Crippen molar-refractivity contribution in [1.82, 2.24) is 29.6 Å². The van der Waals surface area contributed by atoms with Crippen molar-refractivity contribution in [2.75, 3.05) is 24.5 Å². The van der Waals surface area contributed by atoms with Crippen LogP contribution in [0.2, 0.25) is 0 Å². The number of aromatic hydroxyl groups is 1. The summed E-state index contributed by atoms with van der Waals surface area (Å²) in [5.41, 5.74) is 10.9. The number of piperidine rings is 1. The summed E-state index contributed by atoms with van der Waals surface area (Å²) in [4.78, 5) is 17.3. The Balaban J connectivity index is 1.11. The Labute approximate surface area is 241 Å². The molecule has 11 heteroatoms. The van der Waals surface area contributed by atoms with E-state index in [2.05, 4.69) is 30.9 Å². The quantitative estimate of drug-likeness (QED) is 0.258. The second-order valence-corrected chi connectivity index (χ2v) is 11.0. The Morgan fingerprint density at radius 3 is 2.69 bits per heavy atom. The standard InChI is InChI=1S/C31H30FN9O/c32-23-3-4-28(42)20(8-23)16-41-24-9-25(41)18-39(17-24)29-5-2-19(12-35-29)30-21(11-34)13-36-31-26(30)10-27(38-31)22-14-37-40(15-22)7-1-6-33/h2-5,8,10,12-15,24-25,42H,1,6-7,9,16-18,33H2,(H,36,38). The van der Waals surface area contributed by atoms with E-state index in [1.165, 1.54) is 18.2 Å². The number of fused-ring (bicyclic) bond motifs is 3. The van der Waals surface area contributed by atoms with Gasteiger partial charge in [0.15, 0.2) is 0 Å². The van der Waals surface area contributed by atoms with E-state index in [4.69, 9.17) is 10.7 Å². The van der Waals surface area contributed by atoms with Crippen molar-refractivity contribution in [3.63, 3.8) is 0 Å². The van der Waals surface area contributed by atoms with Gasteiger partial charge in [-0.1, -0.05) is 0 Å². The summed E-state index contributed by atoms with van der Waals surface area (Å²) in [5.74, 6) is 0.672. The SMILES string of the molecule is N#Cc1cnc2[nH]c(-c3cnn(CCCN)c3)cc2c1-c1ccc(N2CC3CC(C2)N3Cc2cc(F)ccc2O)nc1. The number of nitriles is 1. The van der Waals surface area contributed by atoms with Gasteiger partial charge in [0.2, 0.25) is 0 Å². The van der Waals surface area contributed by atoms with Gasteiger partial charge in [0.05, 0.1) is 17.5 Å². The molecule has 3 fully saturated rings. The number of piperazine rings is 1. The van der Waals surface area contributed by atoms with Gasteiger partial charge in [-0.2, -0.15) is 10.4 Å². The lowest BCUT2D eigenvalue weighted by Crippen LogP contribution is -2.68. The van der Waals surface area contributed by atoms with Crippen LogP contribution in [0.3, 0.4) is 0 Å². The first-order chi connectivity index (χ1) is 20.5. The summed E-state index contributed by atoms with van der Waals surface area (Å²) in [6.45, 7) is 3.51. The van der Waals surface area contributed by atoms with Gasteiger partial charge < -0.3 is 20.7 Å². The van der Waals surface area contributed by atoms with Crippen molar-refractivity contribution in [1.29, 1.82) is 5.26 Å². The Morgan fingerprint density at radius 2 is 1.93 bits per heavy atom. The second kappa shape index (κ2) is 10.6. The predicted octanol–water partition coefficient (Wildman–Crippen LogP) is 4.02. The number of nitrogens with one attached hydrogen (secondary N) is 1. The molecule has 3 saturated heterocycles. The van der Waals surface area contributed by atoms with Gasteiger partial charge in [0.1, 0.15) is 29.1 Å². The van der Waals surface area contributed by atoms with E-state index < -0.39 is 0 Å². The van der Waals surface area contributed by atoms with Crippen LogP contribution in [0.4, 0.5) is 10.2 Å². The maximum absolute atomic E-state index is 13.7. The van der Waals surface area contributed by atoms with Crippen LogP contribution in [0.1, 0.15) is 24.0 Å². The summed E-state index contributed by atoms with van der Waals surface area (Å²) in [6, 6.07) is 13.1. The number of phenols is 1. The summed E-state index contributed by atoms with van der Waals surface area (Å²) < 4.78 is 15.6. The Hall–Kier alpha value is -4.79. The fourth-order valence-corrected chi connectivity index (χ4v) is 6.24. The van der Waals surface area contributed by atoms with Gasteiger partial charge in [-0.25, -0.2) is 14.4 Å². The lowest BCUT2D eigenvalue weighted by Gasteiger charge is -2.56. The Bertz CT molecular complexity index is 1790. The van der Waals surface area contributed by atoms with Crippen molar-refractivity contribution in [3.05, 3.63) is 78.1 Å². The summed E-state index contributed by atoms with van der Waals surface area (Å²) in [7, 11) is 0. The molecule has 8 rings (SSSR count). The topological polar surface area (TPSA) is 136 Å². The molecule has 5 aromatic rings. The third-order valence-electron chi connectivity index (χ3n) is 8.41. The van der Waals surface area contributed by atoms with Crippen LogP contribution in [0, 0.1) is 17.1 Å². The minimum Gasteiger partial charge on any atom is -0.508 e. The zero-order valence-corrected chi connectivity index (χ0v) is 22.9. The molecule has 42 heavy (non-hydrogen) atoms. The van der Waals surface area contributed by atoms with E-state index in [1.807, 2.05) is 41.5 Å². The molecular formula is C31H30FN9O. The highest BCUT2D eigenvalue weighted by Crippen LogP contribution is 2.38. The van der Waals surface area contributed by atoms with Crippen LogP contribution in [0.25, 0.3) is 33.4 Å². The number of benzene rings is 1. The number of pyridine rings is 2. The molecule has 2 unspecified atom stereocenters. The molecular weight excluding hydrogens is 533 g/mol. The largest absolute Gasteiger partial charge is 0.508 e. The minimum absolute atomic E-state index is 0.129. The Kier molecular flexibility index (Phi) is 6.57. The average molecular weight is 564 g/mol. The number of aromatic nitrogens is 5. The third-order valence-corrected chi connectivity index (χ3v) is 8.41. The van der Waals surface area contributed by atoms with Crippen LogP contribution in [0.5, 0.6) is 5.75 Å². The number of nitrogens with zero attached hydrogens (tertiary/aromatic N) is 7. The van der Waals surface area contributed by atoms with Crippen molar-refractivity contribution in [2.45, 2.75) is 38.0 Å². The molecule has 1 aromatic carbocycles. The van der Waals surface area contributed by atoms with Gasteiger partial charge in [-0.3, -0.25) is 9.58 Å². The van der Waals surface area contributed by atoms with Gasteiger partial charge in [0, 0.05) is 84.5 Å². The van der Waals surface area contributed by atoms with E-state index in [1.54, 1.807) is 6.20 Å². The molecule has 0 amide bonds. The first-order valence-electron chi connectivity index (χ1n) is 14.1. The van der Waals surface area contributed by atoms with E-state index >= 15 is 0 Å². The number of hydrogen-bond donors (Lipinski definition) is 3. The normalized spacial score (nSPS) is 18.3. The maximum Gasteiger partial charge on any atom is 0.138 e. The monoisotopic (exact) mass is 563 g/mol. The number of halogens is 1. The van der Waals surface area contributed by atoms with E-state index in [0.29, 0.717) is 41.9 Å². The average Bonchev–Trinajstić information content (AvgIpc) is 3.67. The lowest BCUT2D eigenvalue weighted by atomic mass is 9.86. The molecule has 2 bridgehead atoms. The number of hydrogen-bond acceptors (Lipinski definition) is 8. The van der Waals surface area contributed by atoms with Crippen LogP contribution in [-0.2, 0) is 13.1 Å². The zero-order valence-electron chi connectivity index (χ0n) is 22.9. The maximum atomic E-state index is 13.7. The van der Waals surface area contributed by atoms with Gasteiger partial charge in [-0.05, 0) is 55.8 Å². The van der Waals surface area contributed by atoms with Crippen LogP contribution < -0.4 is 10.6 Å². The number of nitrogens with two attached hydrogens (primary N) is 1. The molecule has 10 nitrogen and oxygen atoms in total. The van der Waals surface area contributed by atoms with Crippen molar-refractivity contribution < 1.29 is 9.50 Å². The molecule has 0 saturated carbocycles. The number of anilines is 1. The molecule has 0 spiro atoms. The number of phenolic OH excluding ortho intramolecular Hbond substituents is 1. The number of aromatic amines is 1. The fraction of sp³-hybridized carbons (Fsp3) is 0.290. The molecule has 4 aromatic heterocycles. The highest BCUT2D eigenvalue weighted by atomic mass is 19.1. The van der Waals surface area contributed by atoms with Crippen LogP contribution in [-0.4, -0.2) is 66.5 Å². The molecule has 3 aliphatic rings. The van der Waals surface area contributed by atoms with Gasteiger partial charge in [-0.15, -0.1) is 0 Å². The van der Waals surface area contributed by atoms with Crippen molar-refractivity contribution in [2.24, 2.45) is 5.73 Å². The summed E-state index contributed by atoms with van der Waals surface area (Å²) in [6.07, 6.45) is 9.14. The first-order valence-corrected chi connectivity index (χ1v) is 14.1. The number of H-pyrrole nitrogens is 1. The van der Waals surface area contributed by atoms with E-state index in [0.717, 1.165) is 66.1 Å². The van der Waals surface area contributed by atoms with Gasteiger partial charge >= 0.3 is 0 Å². The number of rotatable bonds is 8. The van der Waals surface area contributed by atoms with Gasteiger partial charge in [0.25, 0.3) is 0 Å². The molecule has 2 atom stereocenters. The predicted molar refractivity (Wildman–Crippen MR) is 157 cm³/mol.